The van der Waals surface area contributed by atoms with Crippen LogP contribution in [-0.2, 0) is 16.1 Å². The number of hydrogen-bond donors (Lipinski definition) is 1. The molecule has 2 heterocycles. The normalized spacial score (nSPS) is 36.8. The van der Waals surface area contributed by atoms with Gasteiger partial charge in [-0.05, 0) is 5.56 Å². The lowest BCUT2D eigenvalue weighted by Crippen LogP contribution is -2.32. The van der Waals surface area contributed by atoms with Crippen LogP contribution in [0.4, 0.5) is 0 Å². The first kappa shape index (κ1) is 10.3. The van der Waals surface area contributed by atoms with Crippen molar-refractivity contribution in [1.29, 1.82) is 0 Å². The van der Waals surface area contributed by atoms with Crippen LogP contribution in [-0.4, -0.2) is 29.5 Å². The molecule has 0 aromatic heterocycles. The van der Waals surface area contributed by atoms with Crippen LogP contribution >= 0.6 is 0 Å². The number of aliphatic hydroxyl groups excluding tert-OH is 1. The molecule has 0 aliphatic carbocycles. The van der Waals surface area contributed by atoms with E-state index in [9.17, 15) is 5.11 Å². The van der Waals surface area contributed by atoms with Gasteiger partial charge < -0.3 is 14.6 Å². The molecular weight excluding hydrogens is 204 g/mol. The molecule has 2 bridgehead atoms. The molecule has 1 N–H and O–H groups in total. The van der Waals surface area contributed by atoms with Gasteiger partial charge in [-0.1, -0.05) is 30.3 Å². The highest BCUT2D eigenvalue weighted by Gasteiger charge is 2.47. The Kier molecular flexibility index (Phi) is 2.67. The minimum atomic E-state index is -0.276. The van der Waals surface area contributed by atoms with Gasteiger partial charge in [-0.2, -0.15) is 0 Å². The zero-order valence-electron chi connectivity index (χ0n) is 9.08. The molecule has 86 valence electrons. The highest BCUT2D eigenvalue weighted by molar-refractivity contribution is 5.13. The molecule has 2 aliphatic heterocycles. The van der Waals surface area contributed by atoms with Crippen molar-refractivity contribution in [1.82, 2.24) is 0 Å². The second-order valence-electron chi connectivity index (χ2n) is 4.59. The van der Waals surface area contributed by atoms with Crippen LogP contribution < -0.4 is 0 Å². The molecule has 16 heavy (non-hydrogen) atoms. The van der Waals surface area contributed by atoms with Crippen molar-refractivity contribution in [2.45, 2.75) is 43.9 Å². The molecule has 0 saturated carbocycles. The van der Waals surface area contributed by atoms with Crippen LogP contribution in [0.3, 0.4) is 0 Å². The lowest BCUT2D eigenvalue weighted by Gasteiger charge is -2.21. The lowest BCUT2D eigenvalue weighted by molar-refractivity contribution is -0.0110. The predicted octanol–water partition coefficient (Wildman–Crippen LogP) is 1.49. The van der Waals surface area contributed by atoms with Gasteiger partial charge in [-0.25, -0.2) is 0 Å². The number of fused-ring (bicyclic) bond motifs is 2. The number of rotatable bonds is 3. The summed E-state index contributed by atoms with van der Waals surface area (Å²) in [5.41, 5.74) is 1.19. The molecule has 0 spiro atoms. The third-order valence-electron chi connectivity index (χ3n) is 3.44. The fourth-order valence-corrected chi connectivity index (χ4v) is 2.55. The van der Waals surface area contributed by atoms with Crippen LogP contribution in [0.5, 0.6) is 0 Å². The van der Waals surface area contributed by atoms with E-state index >= 15 is 0 Å². The predicted molar refractivity (Wildman–Crippen MR) is 58.9 cm³/mol. The molecule has 3 nitrogen and oxygen atoms in total. The Morgan fingerprint density at radius 3 is 2.62 bits per heavy atom. The van der Waals surface area contributed by atoms with Crippen molar-refractivity contribution >= 4 is 0 Å². The molecule has 3 rings (SSSR count). The third-order valence-corrected chi connectivity index (χ3v) is 3.44. The number of ether oxygens (including phenoxy) is 2. The molecule has 0 amide bonds. The van der Waals surface area contributed by atoms with Crippen molar-refractivity contribution in [2.24, 2.45) is 0 Å². The summed E-state index contributed by atoms with van der Waals surface area (Å²) in [6.07, 6.45) is 1.55. The van der Waals surface area contributed by atoms with Crippen LogP contribution in [0.1, 0.15) is 18.4 Å². The summed E-state index contributed by atoms with van der Waals surface area (Å²) in [6, 6.07) is 10.1. The van der Waals surface area contributed by atoms with E-state index in [1.807, 2.05) is 18.2 Å². The van der Waals surface area contributed by atoms with Crippen molar-refractivity contribution in [3.8, 4) is 0 Å². The summed E-state index contributed by atoms with van der Waals surface area (Å²) in [7, 11) is 0. The van der Waals surface area contributed by atoms with E-state index in [0.29, 0.717) is 6.61 Å². The largest absolute Gasteiger partial charge is 0.390 e. The van der Waals surface area contributed by atoms with Gasteiger partial charge in [0.15, 0.2) is 0 Å². The summed E-state index contributed by atoms with van der Waals surface area (Å²) in [4.78, 5) is 0. The average molecular weight is 220 g/mol. The minimum absolute atomic E-state index is 0.00535. The van der Waals surface area contributed by atoms with Crippen LogP contribution in [0.2, 0.25) is 0 Å². The topological polar surface area (TPSA) is 38.7 Å². The second-order valence-corrected chi connectivity index (χ2v) is 4.59. The SMILES string of the molecule is O[C@H]1C[C@H]2O[C@@H]1C[C@@H]2OCc1ccccc1. The Hall–Kier alpha value is -0.900. The van der Waals surface area contributed by atoms with Crippen molar-refractivity contribution < 1.29 is 14.6 Å². The van der Waals surface area contributed by atoms with E-state index in [0.717, 1.165) is 12.8 Å². The molecule has 2 aliphatic rings. The fourth-order valence-electron chi connectivity index (χ4n) is 2.55. The van der Waals surface area contributed by atoms with Crippen LogP contribution in [0.15, 0.2) is 30.3 Å². The maximum absolute atomic E-state index is 9.54. The van der Waals surface area contributed by atoms with E-state index in [2.05, 4.69) is 12.1 Å². The van der Waals surface area contributed by atoms with E-state index in [1.165, 1.54) is 5.56 Å². The summed E-state index contributed by atoms with van der Waals surface area (Å²) in [5.74, 6) is 0. The monoisotopic (exact) mass is 220 g/mol. The average Bonchev–Trinajstić information content (AvgIpc) is 2.86. The Morgan fingerprint density at radius 1 is 1.19 bits per heavy atom. The third kappa shape index (κ3) is 1.86. The Balaban J connectivity index is 1.54. The second kappa shape index (κ2) is 4.17. The minimum Gasteiger partial charge on any atom is -0.390 e. The maximum atomic E-state index is 9.54. The molecule has 1 aromatic carbocycles. The van der Waals surface area contributed by atoms with Gasteiger partial charge in [0.25, 0.3) is 0 Å². The quantitative estimate of drug-likeness (QED) is 0.838. The number of hydrogen-bond acceptors (Lipinski definition) is 3. The van der Waals surface area contributed by atoms with E-state index < -0.39 is 0 Å². The van der Waals surface area contributed by atoms with E-state index in [1.54, 1.807) is 0 Å². The van der Waals surface area contributed by atoms with E-state index in [4.69, 9.17) is 9.47 Å². The molecule has 0 unspecified atom stereocenters. The molecule has 4 atom stereocenters. The summed E-state index contributed by atoms with van der Waals surface area (Å²) in [6.45, 7) is 0.633. The Morgan fingerprint density at radius 2 is 2.00 bits per heavy atom. The molecule has 2 fully saturated rings. The molecular formula is C13H16O3. The number of benzene rings is 1. The van der Waals surface area contributed by atoms with Gasteiger partial charge >= 0.3 is 0 Å². The molecule has 2 saturated heterocycles. The number of aliphatic hydroxyl groups is 1. The molecule has 0 radical (unpaired) electrons. The van der Waals surface area contributed by atoms with Gasteiger partial charge in [0, 0.05) is 12.8 Å². The molecule has 1 aromatic rings. The first-order valence-electron chi connectivity index (χ1n) is 5.82. The van der Waals surface area contributed by atoms with Crippen molar-refractivity contribution in [3.05, 3.63) is 35.9 Å². The van der Waals surface area contributed by atoms with Crippen molar-refractivity contribution in [3.63, 3.8) is 0 Å². The first-order valence-corrected chi connectivity index (χ1v) is 5.82. The van der Waals surface area contributed by atoms with Gasteiger partial charge in [0.05, 0.1) is 31.0 Å². The van der Waals surface area contributed by atoms with Gasteiger partial charge in [0.1, 0.15) is 0 Å². The highest BCUT2D eigenvalue weighted by Crippen LogP contribution is 2.36. The standard InChI is InChI=1S/C13H16O3/c14-10-6-13-12(7-11(10)16-13)15-8-9-4-2-1-3-5-9/h1-5,10-14H,6-8H2/t10-,11+,12-,13+/m0/s1. The maximum Gasteiger partial charge on any atom is 0.0868 e. The zero-order valence-corrected chi connectivity index (χ0v) is 9.08. The highest BCUT2D eigenvalue weighted by atomic mass is 16.6. The Labute approximate surface area is 95.0 Å². The van der Waals surface area contributed by atoms with Crippen LogP contribution in [0.25, 0.3) is 0 Å². The van der Waals surface area contributed by atoms with Gasteiger partial charge in [-0.15, -0.1) is 0 Å². The lowest BCUT2D eigenvalue weighted by atomic mass is 9.95. The summed E-state index contributed by atoms with van der Waals surface area (Å²) < 4.78 is 11.4. The van der Waals surface area contributed by atoms with E-state index in [-0.39, 0.29) is 24.4 Å². The molecule has 3 heteroatoms. The van der Waals surface area contributed by atoms with Crippen LogP contribution in [0, 0.1) is 0 Å². The van der Waals surface area contributed by atoms with Crippen molar-refractivity contribution in [2.75, 3.05) is 0 Å². The zero-order chi connectivity index (χ0) is 11.0. The van der Waals surface area contributed by atoms with Gasteiger partial charge in [-0.3, -0.25) is 0 Å². The smallest absolute Gasteiger partial charge is 0.0868 e. The fraction of sp³-hybridized carbons (Fsp3) is 0.538. The van der Waals surface area contributed by atoms with Gasteiger partial charge in [0.2, 0.25) is 0 Å². The summed E-state index contributed by atoms with van der Waals surface area (Å²) >= 11 is 0. The summed E-state index contributed by atoms with van der Waals surface area (Å²) in [5, 5.41) is 9.54. The first-order chi connectivity index (χ1) is 7.83. The Bertz CT molecular complexity index is 349.